The van der Waals surface area contributed by atoms with Crippen LogP contribution in [0, 0.1) is 0 Å². The van der Waals surface area contributed by atoms with Crippen molar-refractivity contribution in [3.63, 3.8) is 0 Å². The first-order valence-corrected chi connectivity index (χ1v) is 10.5. The number of amides is 1. The standard InChI is InChI=1S/C23H20ClN3O2/c24-15-6-7-18-17(12-15)16-8-9-25-10-11-26(23(29)14-4-2-1-3-5-14)19-13-20(28)27(18)21(16)22(19)25/h1-7,12,19,22H,8-11,13H2/t19-,22-/m1/s1. The van der Waals surface area contributed by atoms with Crippen molar-refractivity contribution in [2.75, 3.05) is 19.6 Å². The molecule has 2 aromatic carbocycles. The second-order valence-electron chi connectivity index (χ2n) is 8.12. The van der Waals surface area contributed by atoms with Gasteiger partial charge in [0, 0.05) is 47.7 Å². The lowest BCUT2D eigenvalue weighted by atomic mass is 9.85. The van der Waals surface area contributed by atoms with Crippen molar-refractivity contribution in [3.05, 3.63) is 70.4 Å². The fourth-order valence-electron chi connectivity index (χ4n) is 5.50. The van der Waals surface area contributed by atoms with Gasteiger partial charge in [-0.05, 0) is 42.3 Å². The summed E-state index contributed by atoms with van der Waals surface area (Å²) in [6, 6.07) is 15.1. The van der Waals surface area contributed by atoms with Crippen LogP contribution in [-0.4, -0.2) is 51.9 Å². The largest absolute Gasteiger partial charge is 0.332 e. The molecule has 6 rings (SSSR count). The Morgan fingerprint density at radius 1 is 1.03 bits per heavy atom. The molecular formula is C23H20ClN3O2. The third-order valence-electron chi connectivity index (χ3n) is 6.70. The van der Waals surface area contributed by atoms with E-state index in [2.05, 4.69) is 4.90 Å². The summed E-state index contributed by atoms with van der Waals surface area (Å²) in [5.74, 6) is 0.0808. The molecule has 6 heteroatoms. The molecule has 3 aromatic rings. The first-order chi connectivity index (χ1) is 14.1. The summed E-state index contributed by atoms with van der Waals surface area (Å²) in [6.07, 6.45) is 1.25. The number of nitrogens with zero attached hydrogens (tertiary/aromatic N) is 3. The van der Waals surface area contributed by atoms with E-state index < -0.39 is 0 Å². The summed E-state index contributed by atoms with van der Waals surface area (Å²) in [6.45, 7) is 2.43. The smallest absolute Gasteiger partial charge is 0.254 e. The van der Waals surface area contributed by atoms with Crippen LogP contribution in [0.3, 0.4) is 0 Å². The summed E-state index contributed by atoms with van der Waals surface area (Å²) in [5.41, 5.74) is 3.91. The SMILES string of the molecule is O=C(c1ccccc1)N1CCN2CCc3c4n(c5ccc(Cl)cc35)C(=O)C[C@@H]1[C@H]42. The van der Waals surface area contributed by atoms with Crippen LogP contribution in [0.5, 0.6) is 0 Å². The Morgan fingerprint density at radius 3 is 2.69 bits per heavy atom. The van der Waals surface area contributed by atoms with Crippen LogP contribution in [0.2, 0.25) is 5.02 Å². The highest BCUT2D eigenvalue weighted by molar-refractivity contribution is 6.31. The van der Waals surface area contributed by atoms with Gasteiger partial charge in [-0.3, -0.25) is 19.1 Å². The summed E-state index contributed by atoms with van der Waals surface area (Å²) >= 11 is 6.27. The number of piperazine rings is 1. The average Bonchev–Trinajstić information content (AvgIpc) is 3.08. The molecule has 29 heavy (non-hydrogen) atoms. The van der Waals surface area contributed by atoms with Crippen LogP contribution in [0.25, 0.3) is 10.9 Å². The molecule has 2 atom stereocenters. The fourth-order valence-corrected chi connectivity index (χ4v) is 5.67. The minimum absolute atomic E-state index is 0.0165. The zero-order valence-corrected chi connectivity index (χ0v) is 16.6. The zero-order chi connectivity index (χ0) is 19.7. The Kier molecular flexibility index (Phi) is 3.68. The van der Waals surface area contributed by atoms with Gasteiger partial charge in [0.25, 0.3) is 5.91 Å². The monoisotopic (exact) mass is 405 g/mol. The van der Waals surface area contributed by atoms with Gasteiger partial charge < -0.3 is 4.90 Å². The van der Waals surface area contributed by atoms with Gasteiger partial charge in [-0.2, -0.15) is 0 Å². The maximum absolute atomic E-state index is 13.3. The van der Waals surface area contributed by atoms with Gasteiger partial charge in [0.1, 0.15) is 0 Å². The van der Waals surface area contributed by atoms with Gasteiger partial charge in [0.2, 0.25) is 5.91 Å². The minimum atomic E-state index is -0.129. The Labute approximate surface area is 173 Å². The molecule has 0 spiro atoms. The second kappa shape index (κ2) is 6.18. The first-order valence-electron chi connectivity index (χ1n) is 10.1. The quantitative estimate of drug-likeness (QED) is 0.619. The summed E-state index contributed by atoms with van der Waals surface area (Å²) in [4.78, 5) is 30.9. The van der Waals surface area contributed by atoms with Crippen LogP contribution in [0.4, 0.5) is 0 Å². The second-order valence-corrected chi connectivity index (χ2v) is 8.56. The molecule has 0 saturated carbocycles. The van der Waals surface area contributed by atoms with Crippen molar-refractivity contribution in [1.82, 2.24) is 14.4 Å². The Bertz CT molecular complexity index is 1170. The molecule has 3 aliphatic rings. The highest BCUT2D eigenvalue weighted by atomic mass is 35.5. The molecule has 0 unspecified atom stereocenters. The molecule has 4 heterocycles. The molecule has 1 amide bonds. The lowest BCUT2D eigenvalue weighted by Gasteiger charge is -2.51. The summed E-state index contributed by atoms with van der Waals surface area (Å²) in [5, 5.41) is 1.76. The number of carbonyl (C=O) groups is 2. The molecular weight excluding hydrogens is 386 g/mol. The van der Waals surface area contributed by atoms with E-state index >= 15 is 0 Å². The summed E-state index contributed by atoms with van der Waals surface area (Å²) < 4.78 is 1.89. The van der Waals surface area contributed by atoms with E-state index in [9.17, 15) is 9.59 Å². The molecule has 1 aromatic heterocycles. The molecule has 146 valence electrons. The van der Waals surface area contributed by atoms with Gasteiger partial charge in [-0.15, -0.1) is 0 Å². The predicted molar refractivity (Wildman–Crippen MR) is 111 cm³/mol. The molecule has 1 fully saturated rings. The number of aromatic nitrogens is 1. The Morgan fingerprint density at radius 2 is 1.86 bits per heavy atom. The Balaban J connectivity index is 1.51. The highest BCUT2D eigenvalue weighted by Crippen LogP contribution is 2.46. The van der Waals surface area contributed by atoms with Gasteiger partial charge in [0.15, 0.2) is 0 Å². The van der Waals surface area contributed by atoms with Gasteiger partial charge in [-0.1, -0.05) is 29.8 Å². The van der Waals surface area contributed by atoms with Crippen LogP contribution in [0.1, 0.15) is 38.9 Å². The maximum Gasteiger partial charge on any atom is 0.254 e. The minimum Gasteiger partial charge on any atom is -0.332 e. The van der Waals surface area contributed by atoms with Gasteiger partial charge >= 0.3 is 0 Å². The van der Waals surface area contributed by atoms with Crippen molar-refractivity contribution in [1.29, 1.82) is 0 Å². The Hall–Kier alpha value is -2.63. The van der Waals surface area contributed by atoms with E-state index in [-0.39, 0.29) is 23.9 Å². The van der Waals surface area contributed by atoms with E-state index in [0.717, 1.165) is 36.1 Å². The van der Waals surface area contributed by atoms with E-state index in [4.69, 9.17) is 11.6 Å². The number of fused-ring (bicyclic) bond motifs is 3. The molecule has 0 aliphatic carbocycles. The van der Waals surface area contributed by atoms with Gasteiger partial charge in [-0.25, -0.2) is 0 Å². The van der Waals surface area contributed by atoms with Crippen molar-refractivity contribution >= 4 is 34.3 Å². The van der Waals surface area contributed by atoms with E-state index in [1.54, 1.807) is 0 Å². The molecule has 0 bridgehead atoms. The molecule has 3 aliphatic heterocycles. The fraction of sp³-hybridized carbons (Fsp3) is 0.304. The highest BCUT2D eigenvalue weighted by Gasteiger charge is 2.49. The maximum atomic E-state index is 13.3. The van der Waals surface area contributed by atoms with E-state index in [1.807, 2.05) is 58.0 Å². The van der Waals surface area contributed by atoms with Crippen LogP contribution in [0.15, 0.2) is 48.5 Å². The predicted octanol–water partition coefficient (Wildman–Crippen LogP) is 3.76. The molecule has 5 nitrogen and oxygen atoms in total. The first kappa shape index (κ1) is 17.2. The third kappa shape index (κ3) is 2.38. The number of carbonyl (C=O) groups excluding carboxylic acids is 2. The number of hydrogen-bond acceptors (Lipinski definition) is 3. The zero-order valence-electron chi connectivity index (χ0n) is 15.8. The van der Waals surface area contributed by atoms with E-state index in [0.29, 0.717) is 23.6 Å². The van der Waals surface area contributed by atoms with Crippen LogP contribution < -0.4 is 0 Å². The van der Waals surface area contributed by atoms with Crippen molar-refractivity contribution < 1.29 is 9.59 Å². The van der Waals surface area contributed by atoms with Crippen LogP contribution in [-0.2, 0) is 6.42 Å². The van der Waals surface area contributed by atoms with Crippen LogP contribution >= 0.6 is 11.6 Å². The number of hydrogen-bond donors (Lipinski definition) is 0. The molecule has 0 radical (unpaired) electrons. The third-order valence-corrected chi connectivity index (χ3v) is 6.94. The lowest BCUT2D eigenvalue weighted by Crippen LogP contribution is -2.61. The van der Waals surface area contributed by atoms with Gasteiger partial charge in [0.05, 0.1) is 17.6 Å². The van der Waals surface area contributed by atoms with Crippen molar-refractivity contribution in [2.24, 2.45) is 0 Å². The van der Waals surface area contributed by atoms with E-state index in [1.165, 1.54) is 5.56 Å². The number of halogens is 1. The average molecular weight is 406 g/mol. The molecule has 1 saturated heterocycles. The van der Waals surface area contributed by atoms with Crippen molar-refractivity contribution in [2.45, 2.75) is 24.9 Å². The van der Waals surface area contributed by atoms with Crippen molar-refractivity contribution in [3.8, 4) is 0 Å². The summed E-state index contributed by atoms with van der Waals surface area (Å²) in [7, 11) is 0. The number of benzene rings is 2. The topological polar surface area (TPSA) is 45.6 Å². The molecule has 0 N–H and O–H groups in total. The normalized spacial score (nSPS) is 23.3. The lowest BCUT2D eigenvalue weighted by molar-refractivity contribution is 0.00186. The number of rotatable bonds is 1.